The second-order valence-corrected chi connectivity index (χ2v) is 13.1. The van der Waals surface area contributed by atoms with Crippen LogP contribution in [0.25, 0.3) is 56.4 Å². The molecule has 0 bridgehead atoms. The van der Waals surface area contributed by atoms with Gasteiger partial charge in [-0.25, -0.2) is 15.0 Å². The maximum Gasteiger partial charge on any atom is 0.164 e. The van der Waals surface area contributed by atoms with E-state index in [9.17, 15) is 5.26 Å². The second-order valence-electron chi connectivity index (χ2n) is 13.1. The zero-order valence-corrected chi connectivity index (χ0v) is 27.9. The fourth-order valence-corrected chi connectivity index (χ4v) is 7.95. The average molecular weight is 665 g/mol. The Balaban J connectivity index is 1.20. The van der Waals surface area contributed by atoms with Gasteiger partial charge in [-0.1, -0.05) is 133 Å². The van der Waals surface area contributed by atoms with Crippen LogP contribution in [0.1, 0.15) is 27.8 Å². The highest BCUT2D eigenvalue weighted by Gasteiger charge is 2.51. The van der Waals surface area contributed by atoms with Crippen molar-refractivity contribution >= 4 is 0 Å². The van der Waals surface area contributed by atoms with Crippen LogP contribution in [0, 0.1) is 11.3 Å². The maximum absolute atomic E-state index is 9.52. The smallest absolute Gasteiger partial charge is 0.164 e. The molecular weight excluding hydrogens is 637 g/mol. The quantitative estimate of drug-likeness (QED) is 0.187. The normalized spacial score (nSPS) is 12.9. The van der Waals surface area contributed by atoms with E-state index in [1.54, 1.807) is 0 Å². The van der Waals surface area contributed by atoms with E-state index in [2.05, 4.69) is 91.0 Å². The molecule has 242 valence electrons. The first-order chi connectivity index (χ1) is 25.7. The van der Waals surface area contributed by atoms with Gasteiger partial charge in [0.05, 0.1) is 17.0 Å². The van der Waals surface area contributed by atoms with E-state index >= 15 is 0 Å². The van der Waals surface area contributed by atoms with Gasteiger partial charge >= 0.3 is 0 Å². The van der Waals surface area contributed by atoms with Crippen LogP contribution >= 0.6 is 0 Å². The van der Waals surface area contributed by atoms with E-state index in [4.69, 9.17) is 19.7 Å². The van der Waals surface area contributed by atoms with E-state index in [0.29, 0.717) is 23.0 Å². The lowest BCUT2D eigenvalue weighted by Crippen LogP contribution is -2.32. The number of fused-ring (bicyclic) bond motifs is 9. The van der Waals surface area contributed by atoms with Gasteiger partial charge in [0.2, 0.25) is 0 Å². The van der Waals surface area contributed by atoms with Crippen LogP contribution in [0.4, 0.5) is 0 Å². The Morgan fingerprint density at radius 2 is 0.923 bits per heavy atom. The van der Waals surface area contributed by atoms with Crippen LogP contribution in [0.5, 0.6) is 11.5 Å². The second kappa shape index (κ2) is 11.7. The summed E-state index contributed by atoms with van der Waals surface area (Å²) in [5, 5.41) is 9.52. The number of hydrogen-bond acceptors (Lipinski definition) is 5. The first kappa shape index (κ1) is 29.7. The lowest BCUT2D eigenvalue weighted by molar-refractivity contribution is 0.436. The molecule has 0 amide bonds. The molecule has 0 fully saturated rings. The first-order valence-electron chi connectivity index (χ1n) is 17.2. The van der Waals surface area contributed by atoms with Crippen molar-refractivity contribution in [2.45, 2.75) is 5.41 Å². The fraction of sp³-hybridized carbons (Fsp3) is 0.0213. The summed E-state index contributed by atoms with van der Waals surface area (Å²) in [6.45, 7) is 0. The van der Waals surface area contributed by atoms with Crippen molar-refractivity contribution in [3.8, 4) is 74.0 Å². The standard InChI is InChI=1S/C47H28N4O/c48-29-30-12-10-15-32(26-30)33-16-11-17-34(27-33)45-49-44(31-13-2-1-3-14-31)50-46(51-45)35-24-25-37-36-18-4-5-19-38(36)47(41(37)28-35)39-20-6-8-22-42(39)52-43-23-9-7-21-40(43)47/h1-28H. The molecule has 1 aliphatic carbocycles. The molecular formula is C47H28N4O. The maximum atomic E-state index is 9.52. The summed E-state index contributed by atoms with van der Waals surface area (Å²) in [5.74, 6) is 3.45. The third-order valence-electron chi connectivity index (χ3n) is 10.2. The molecule has 1 spiro atoms. The molecule has 2 aliphatic rings. The zero-order valence-electron chi connectivity index (χ0n) is 27.9. The molecule has 5 nitrogen and oxygen atoms in total. The molecule has 10 rings (SSSR count). The molecule has 2 heterocycles. The van der Waals surface area contributed by atoms with Gasteiger partial charge in [-0.15, -0.1) is 0 Å². The van der Waals surface area contributed by atoms with Crippen molar-refractivity contribution in [1.29, 1.82) is 5.26 Å². The molecule has 8 aromatic rings. The molecule has 7 aromatic carbocycles. The zero-order chi connectivity index (χ0) is 34.6. The fourth-order valence-electron chi connectivity index (χ4n) is 7.95. The van der Waals surface area contributed by atoms with Gasteiger partial charge in [0.1, 0.15) is 11.5 Å². The highest BCUT2D eigenvalue weighted by molar-refractivity contribution is 5.90. The molecule has 5 heteroatoms. The minimum Gasteiger partial charge on any atom is -0.457 e. The van der Waals surface area contributed by atoms with Crippen molar-refractivity contribution in [2.75, 3.05) is 0 Å². The van der Waals surface area contributed by atoms with Gasteiger partial charge in [-0.3, -0.25) is 0 Å². The minimum absolute atomic E-state index is 0.572. The lowest BCUT2D eigenvalue weighted by atomic mass is 9.66. The third kappa shape index (κ3) is 4.52. The molecule has 52 heavy (non-hydrogen) atoms. The first-order valence-corrected chi connectivity index (χ1v) is 17.2. The summed E-state index contributed by atoms with van der Waals surface area (Å²) in [5.41, 5.74) is 11.6. The number of ether oxygens (including phenoxy) is 1. The number of para-hydroxylation sites is 2. The Morgan fingerprint density at radius 1 is 0.404 bits per heavy atom. The van der Waals surface area contributed by atoms with Crippen molar-refractivity contribution in [3.05, 3.63) is 198 Å². The summed E-state index contributed by atoms with van der Waals surface area (Å²) in [6, 6.07) is 60.2. The van der Waals surface area contributed by atoms with E-state index in [-0.39, 0.29) is 0 Å². The minimum atomic E-state index is -0.599. The molecule has 0 unspecified atom stereocenters. The van der Waals surface area contributed by atoms with Gasteiger partial charge in [0.25, 0.3) is 0 Å². The van der Waals surface area contributed by atoms with Crippen LogP contribution < -0.4 is 4.74 Å². The number of benzene rings is 7. The highest BCUT2D eigenvalue weighted by Crippen LogP contribution is 2.62. The lowest BCUT2D eigenvalue weighted by Gasteiger charge is -2.39. The number of nitriles is 1. The van der Waals surface area contributed by atoms with Gasteiger partial charge in [0.15, 0.2) is 17.5 Å². The number of hydrogen-bond donors (Lipinski definition) is 0. The molecule has 0 radical (unpaired) electrons. The van der Waals surface area contributed by atoms with Crippen LogP contribution in [0.15, 0.2) is 170 Å². The van der Waals surface area contributed by atoms with Crippen molar-refractivity contribution in [2.24, 2.45) is 0 Å². The third-order valence-corrected chi connectivity index (χ3v) is 10.2. The summed E-state index contributed by atoms with van der Waals surface area (Å²) in [4.78, 5) is 15.3. The molecule has 0 saturated heterocycles. The van der Waals surface area contributed by atoms with Crippen LogP contribution in [-0.4, -0.2) is 15.0 Å². The topological polar surface area (TPSA) is 71.7 Å². The summed E-state index contributed by atoms with van der Waals surface area (Å²) in [6.07, 6.45) is 0. The van der Waals surface area contributed by atoms with Gasteiger partial charge in [-0.2, -0.15) is 5.26 Å². The molecule has 0 atom stereocenters. The predicted octanol–water partition coefficient (Wildman–Crippen LogP) is 10.9. The molecule has 1 aliphatic heterocycles. The summed E-state index contributed by atoms with van der Waals surface area (Å²) in [7, 11) is 0. The highest BCUT2D eigenvalue weighted by atomic mass is 16.5. The van der Waals surface area contributed by atoms with E-state index in [0.717, 1.165) is 56.0 Å². The number of rotatable bonds is 4. The monoisotopic (exact) mass is 664 g/mol. The Labute approximate surface area is 301 Å². The van der Waals surface area contributed by atoms with Crippen LogP contribution in [0.3, 0.4) is 0 Å². The number of nitrogens with zero attached hydrogens (tertiary/aromatic N) is 4. The van der Waals surface area contributed by atoms with Gasteiger partial charge in [-0.05, 0) is 69.8 Å². The average Bonchev–Trinajstić information content (AvgIpc) is 3.51. The van der Waals surface area contributed by atoms with Crippen LogP contribution in [-0.2, 0) is 5.41 Å². The Hall–Kier alpha value is -7.16. The summed E-state index contributed by atoms with van der Waals surface area (Å²) < 4.78 is 6.54. The van der Waals surface area contributed by atoms with Crippen molar-refractivity contribution in [3.63, 3.8) is 0 Å². The summed E-state index contributed by atoms with van der Waals surface area (Å²) >= 11 is 0. The largest absolute Gasteiger partial charge is 0.457 e. The van der Waals surface area contributed by atoms with Crippen LogP contribution in [0.2, 0.25) is 0 Å². The Bertz CT molecular complexity index is 2700. The Morgan fingerprint density at radius 3 is 1.63 bits per heavy atom. The Kier molecular flexibility index (Phi) is 6.70. The number of aromatic nitrogens is 3. The van der Waals surface area contributed by atoms with E-state index < -0.39 is 5.41 Å². The molecule has 0 N–H and O–H groups in total. The van der Waals surface area contributed by atoms with Gasteiger partial charge < -0.3 is 4.74 Å². The van der Waals surface area contributed by atoms with Gasteiger partial charge in [0, 0.05) is 27.8 Å². The van der Waals surface area contributed by atoms with Crippen molar-refractivity contribution in [1.82, 2.24) is 15.0 Å². The van der Waals surface area contributed by atoms with Crippen molar-refractivity contribution < 1.29 is 4.74 Å². The SMILES string of the molecule is N#Cc1cccc(-c2cccc(-c3nc(-c4ccccc4)nc(-c4ccc5c(c4)C4(c6ccccc6Oc6ccccc64)c4ccccc4-5)n3)c2)c1. The predicted molar refractivity (Wildman–Crippen MR) is 204 cm³/mol. The van der Waals surface area contributed by atoms with E-state index in [1.165, 1.54) is 16.7 Å². The molecule has 0 saturated carbocycles. The molecule has 1 aromatic heterocycles. The van der Waals surface area contributed by atoms with E-state index in [1.807, 2.05) is 84.9 Å².